The maximum absolute atomic E-state index is 10.3. The molecule has 1 aliphatic heterocycles. The van der Waals surface area contributed by atoms with E-state index < -0.39 is 49.5 Å². The highest BCUT2D eigenvalue weighted by atomic mass is 16.7. The monoisotopic (exact) mass is 396 g/mol. The van der Waals surface area contributed by atoms with Gasteiger partial charge in [-0.1, -0.05) is 30.1 Å². The molecule has 0 unspecified atom stereocenters. The second kappa shape index (κ2) is 13.5. The summed E-state index contributed by atoms with van der Waals surface area (Å²) >= 11 is 0. The minimum Gasteiger partial charge on any atom is -0.396 e. The summed E-state index contributed by atoms with van der Waals surface area (Å²) in [5.74, 6) is 10.2. The number of aliphatic hydroxyl groups excluding tert-OH is 6. The molecule has 0 radical (unpaired) electrons. The van der Waals surface area contributed by atoms with E-state index in [-0.39, 0.29) is 6.61 Å². The van der Waals surface area contributed by atoms with Crippen molar-refractivity contribution in [2.75, 3.05) is 13.2 Å². The van der Waals surface area contributed by atoms with Crippen LogP contribution in [0.25, 0.3) is 0 Å². The molecule has 1 heterocycles. The van der Waals surface area contributed by atoms with Gasteiger partial charge in [0.05, 0.1) is 6.61 Å². The number of hydrogen-bond acceptors (Lipinski definition) is 8. The van der Waals surface area contributed by atoms with E-state index in [0.29, 0.717) is 12.8 Å². The summed E-state index contributed by atoms with van der Waals surface area (Å²) in [6.07, 6.45) is -2.07. The molecule has 1 aliphatic rings. The van der Waals surface area contributed by atoms with E-state index in [9.17, 15) is 25.5 Å². The van der Waals surface area contributed by atoms with Gasteiger partial charge in [0, 0.05) is 6.61 Å². The lowest BCUT2D eigenvalue weighted by Crippen LogP contribution is -2.60. The zero-order chi connectivity index (χ0) is 20.9. The number of allylic oxidation sites excluding steroid dienone is 3. The van der Waals surface area contributed by atoms with Crippen molar-refractivity contribution in [3.63, 3.8) is 0 Å². The van der Waals surface area contributed by atoms with E-state index in [1.165, 1.54) is 6.08 Å². The van der Waals surface area contributed by atoms with Gasteiger partial charge in [0.1, 0.15) is 36.6 Å². The Labute approximate surface area is 164 Å². The summed E-state index contributed by atoms with van der Waals surface area (Å²) in [6, 6.07) is 0. The smallest absolute Gasteiger partial charge is 0.187 e. The predicted molar refractivity (Wildman–Crippen MR) is 100 cm³/mol. The first-order chi connectivity index (χ1) is 13.5. The second-order valence-corrected chi connectivity index (χ2v) is 6.08. The van der Waals surface area contributed by atoms with Crippen molar-refractivity contribution in [1.29, 1.82) is 0 Å². The van der Waals surface area contributed by atoms with Gasteiger partial charge in [-0.2, -0.15) is 0 Å². The standard InChI is InChI=1S/C20H28O8/c1-2-3-4-5-7-10-14(23)15(11-8-6-9-12-21)27-20-19(26)18(25)17(24)16(13-22)28-20/h2-3,8,11,14-26H,6,9,12-13H2,1H3/b3-2+,11-8+/t14-,15+,16-,17-,18+,19-,20-/m0/s1. The molecule has 1 rings (SSSR count). The molecule has 0 amide bonds. The average molecular weight is 396 g/mol. The topological polar surface area (TPSA) is 140 Å². The lowest BCUT2D eigenvalue weighted by atomic mass is 9.99. The van der Waals surface area contributed by atoms with Crippen molar-refractivity contribution in [3.8, 4) is 23.7 Å². The Morgan fingerprint density at radius 3 is 2.50 bits per heavy atom. The largest absolute Gasteiger partial charge is 0.396 e. The van der Waals surface area contributed by atoms with Crippen LogP contribution < -0.4 is 0 Å². The lowest BCUT2D eigenvalue weighted by molar-refractivity contribution is -0.311. The molecule has 1 saturated heterocycles. The molecule has 0 aromatic heterocycles. The summed E-state index contributed by atoms with van der Waals surface area (Å²) in [5.41, 5.74) is 0. The molecular formula is C20H28O8. The first kappa shape index (κ1) is 24.3. The molecule has 1 fully saturated rings. The summed E-state index contributed by atoms with van der Waals surface area (Å²) in [4.78, 5) is 0. The van der Waals surface area contributed by atoms with Crippen LogP contribution in [0.15, 0.2) is 24.3 Å². The van der Waals surface area contributed by atoms with Gasteiger partial charge in [0.15, 0.2) is 6.29 Å². The predicted octanol–water partition coefficient (Wildman–Crippen LogP) is -1.56. The summed E-state index contributed by atoms with van der Waals surface area (Å²) < 4.78 is 10.9. The second-order valence-electron chi connectivity index (χ2n) is 6.08. The van der Waals surface area contributed by atoms with Crippen LogP contribution in [0.2, 0.25) is 0 Å². The zero-order valence-corrected chi connectivity index (χ0v) is 15.7. The van der Waals surface area contributed by atoms with Crippen LogP contribution in [0.5, 0.6) is 0 Å². The van der Waals surface area contributed by atoms with Crippen molar-refractivity contribution >= 4 is 0 Å². The van der Waals surface area contributed by atoms with Crippen LogP contribution in [0.4, 0.5) is 0 Å². The Bertz CT molecular complexity index is 622. The molecule has 8 nitrogen and oxygen atoms in total. The Morgan fingerprint density at radius 1 is 1.11 bits per heavy atom. The third-order valence-corrected chi connectivity index (χ3v) is 3.91. The highest BCUT2D eigenvalue weighted by Crippen LogP contribution is 2.23. The van der Waals surface area contributed by atoms with Crippen molar-refractivity contribution < 1.29 is 40.1 Å². The van der Waals surface area contributed by atoms with E-state index in [0.717, 1.165) is 0 Å². The molecule has 6 N–H and O–H groups in total. The summed E-state index contributed by atoms with van der Waals surface area (Å²) in [7, 11) is 0. The minimum absolute atomic E-state index is 0.00543. The van der Waals surface area contributed by atoms with E-state index >= 15 is 0 Å². The van der Waals surface area contributed by atoms with Crippen LogP contribution >= 0.6 is 0 Å². The number of ether oxygens (including phenoxy) is 2. The van der Waals surface area contributed by atoms with E-state index in [1.807, 2.05) is 0 Å². The van der Waals surface area contributed by atoms with Gasteiger partial charge in [0.25, 0.3) is 0 Å². The van der Waals surface area contributed by atoms with Gasteiger partial charge in [0.2, 0.25) is 0 Å². The third kappa shape index (κ3) is 7.72. The Morgan fingerprint density at radius 2 is 1.86 bits per heavy atom. The van der Waals surface area contributed by atoms with Crippen LogP contribution in [-0.2, 0) is 9.47 Å². The molecule has 8 heteroatoms. The van der Waals surface area contributed by atoms with Crippen molar-refractivity contribution in [2.24, 2.45) is 0 Å². The fourth-order valence-corrected chi connectivity index (χ4v) is 2.35. The van der Waals surface area contributed by atoms with Gasteiger partial charge >= 0.3 is 0 Å². The Kier molecular flexibility index (Phi) is 11.7. The van der Waals surface area contributed by atoms with Crippen LogP contribution in [0.3, 0.4) is 0 Å². The molecule has 156 valence electrons. The van der Waals surface area contributed by atoms with Crippen molar-refractivity contribution in [1.82, 2.24) is 0 Å². The third-order valence-electron chi connectivity index (χ3n) is 3.91. The zero-order valence-electron chi connectivity index (χ0n) is 15.7. The number of unbranched alkanes of at least 4 members (excludes halogenated alkanes) is 1. The molecule has 0 bridgehead atoms. The van der Waals surface area contributed by atoms with Crippen LogP contribution in [0.1, 0.15) is 19.8 Å². The fourth-order valence-electron chi connectivity index (χ4n) is 2.35. The highest BCUT2D eigenvalue weighted by Gasteiger charge is 2.45. The van der Waals surface area contributed by atoms with E-state index in [2.05, 4.69) is 23.7 Å². The van der Waals surface area contributed by atoms with Gasteiger partial charge < -0.3 is 40.1 Å². The fraction of sp³-hybridized carbons (Fsp3) is 0.600. The van der Waals surface area contributed by atoms with Gasteiger partial charge in [-0.05, 0) is 37.7 Å². The van der Waals surface area contributed by atoms with Gasteiger partial charge in [-0.3, -0.25) is 0 Å². The Balaban J connectivity index is 2.92. The maximum atomic E-state index is 10.3. The molecule has 0 aromatic carbocycles. The van der Waals surface area contributed by atoms with Crippen LogP contribution in [-0.4, -0.2) is 86.8 Å². The molecule has 0 saturated carbocycles. The highest BCUT2D eigenvalue weighted by molar-refractivity contribution is 5.32. The molecular weight excluding hydrogens is 368 g/mol. The van der Waals surface area contributed by atoms with Gasteiger partial charge in [-0.25, -0.2) is 0 Å². The maximum Gasteiger partial charge on any atom is 0.187 e. The lowest BCUT2D eigenvalue weighted by Gasteiger charge is -2.40. The minimum atomic E-state index is -1.60. The van der Waals surface area contributed by atoms with E-state index in [1.54, 1.807) is 25.2 Å². The molecule has 7 atom stereocenters. The SMILES string of the molecule is C/C=C/C#CC#C[C@H](O)[C@@H](/C=C/CCCO)O[C@H]1O[C@@H](CO)[C@H](O)[C@@H](O)[C@@H]1O. The first-order valence-corrected chi connectivity index (χ1v) is 9.00. The molecule has 28 heavy (non-hydrogen) atoms. The summed E-state index contributed by atoms with van der Waals surface area (Å²) in [6.45, 7) is 1.22. The number of hydrogen-bond donors (Lipinski definition) is 6. The normalized spacial score (nSPS) is 29.8. The van der Waals surface area contributed by atoms with E-state index in [4.69, 9.17) is 14.6 Å². The average Bonchev–Trinajstić information content (AvgIpc) is 2.69. The van der Waals surface area contributed by atoms with Crippen molar-refractivity contribution in [2.45, 2.75) is 62.7 Å². The van der Waals surface area contributed by atoms with Crippen molar-refractivity contribution in [3.05, 3.63) is 24.3 Å². The number of aliphatic hydroxyl groups is 6. The first-order valence-electron chi connectivity index (χ1n) is 9.00. The number of rotatable bonds is 8. The van der Waals surface area contributed by atoms with Crippen LogP contribution in [0, 0.1) is 23.7 Å². The molecule has 0 aliphatic carbocycles. The quantitative estimate of drug-likeness (QED) is 0.165. The molecule has 0 aromatic rings. The molecule has 0 spiro atoms. The summed E-state index contributed by atoms with van der Waals surface area (Å²) in [5, 5.41) is 58.2. The Hall–Kier alpha value is -1.72. The van der Waals surface area contributed by atoms with Gasteiger partial charge in [-0.15, -0.1) is 0 Å².